The summed E-state index contributed by atoms with van der Waals surface area (Å²) in [6.45, 7) is 0. The lowest BCUT2D eigenvalue weighted by Crippen LogP contribution is -2.55. The van der Waals surface area contributed by atoms with Crippen LogP contribution in [0.15, 0.2) is 22.8 Å². The number of amides is 1. The zero-order chi connectivity index (χ0) is 11.6. The van der Waals surface area contributed by atoms with Crippen LogP contribution in [0.4, 0.5) is 0 Å². The summed E-state index contributed by atoms with van der Waals surface area (Å²) in [6.07, 6.45) is 4.90. The highest BCUT2D eigenvalue weighted by atomic mass is 79.9. The summed E-state index contributed by atoms with van der Waals surface area (Å²) >= 11 is 6.75. The number of halogens is 2. The van der Waals surface area contributed by atoms with Gasteiger partial charge in [0.05, 0.1) is 5.54 Å². The van der Waals surface area contributed by atoms with Crippen LogP contribution in [0.2, 0.25) is 0 Å². The summed E-state index contributed by atoms with van der Waals surface area (Å²) < 4.78 is 0.878. The molecule has 1 heterocycles. The lowest BCUT2D eigenvalue weighted by Gasteiger charge is -2.41. The predicted octanol–water partition coefficient (Wildman–Crippen LogP) is 2.89. The Bertz CT molecular complexity index is 382. The average Bonchev–Trinajstić information content (AvgIpc) is 2.24. The number of carbonyl (C=O) groups is 1. The monoisotopic (exact) mass is 346 g/mol. The number of alkyl halides is 1. The number of carbonyl (C=O) groups excluding carboxylic acids is 1. The van der Waals surface area contributed by atoms with Gasteiger partial charge >= 0.3 is 0 Å². The van der Waals surface area contributed by atoms with Crippen molar-refractivity contribution in [3.8, 4) is 0 Å². The third kappa shape index (κ3) is 2.46. The van der Waals surface area contributed by atoms with Crippen molar-refractivity contribution in [2.24, 2.45) is 0 Å². The van der Waals surface area contributed by atoms with Gasteiger partial charge in [0.25, 0.3) is 5.91 Å². The number of rotatable bonds is 3. The minimum absolute atomic E-state index is 0.0498. The summed E-state index contributed by atoms with van der Waals surface area (Å²) in [4.78, 5) is 16.0. The van der Waals surface area contributed by atoms with Crippen molar-refractivity contribution in [2.75, 3.05) is 5.33 Å². The van der Waals surface area contributed by atoms with Crippen molar-refractivity contribution in [2.45, 2.75) is 24.8 Å². The van der Waals surface area contributed by atoms with Gasteiger partial charge in [-0.2, -0.15) is 0 Å². The summed E-state index contributed by atoms with van der Waals surface area (Å²) in [7, 11) is 0. The normalized spacial score (nSPS) is 17.6. The van der Waals surface area contributed by atoms with Crippen LogP contribution in [0.25, 0.3) is 0 Å². The molecular formula is C11H12Br2N2O. The van der Waals surface area contributed by atoms with E-state index < -0.39 is 0 Å². The second-order valence-corrected chi connectivity index (χ2v) is 5.56. The van der Waals surface area contributed by atoms with Crippen molar-refractivity contribution >= 4 is 37.8 Å². The first-order valence-electron chi connectivity index (χ1n) is 5.15. The van der Waals surface area contributed by atoms with E-state index in [2.05, 4.69) is 42.2 Å². The molecule has 1 aromatic rings. The maximum atomic E-state index is 11.9. The van der Waals surface area contributed by atoms with Crippen molar-refractivity contribution in [1.29, 1.82) is 0 Å². The number of aromatic nitrogens is 1. The van der Waals surface area contributed by atoms with E-state index in [1.165, 1.54) is 6.42 Å². The van der Waals surface area contributed by atoms with Crippen LogP contribution in [0.5, 0.6) is 0 Å². The molecule has 1 aliphatic carbocycles. The van der Waals surface area contributed by atoms with Crippen LogP contribution < -0.4 is 5.32 Å². The van der Waals surface area contributed by atoms with E-state index in [1.54, 1.807) is 12.3 Å². The summed E-state index contributed by atoms with van der Waals surface area (Å²) in [5.74, 6) is -0.0911. The molecule has 2 rings (SSSR count). The average molecular weight is 348 g/mol. The Balaban J connectivity index is 2.05. The van der Waals surface area contributed by atoms with Gasteiger partial charge in [-0.1, -0.05) is 15.9 Å². The predicted molar refractivity (Wildman–Crippen MR) is 69.8 cm³/mol. The second-order valence-electron chi connectivity index (χ2n) is 4.08. The lowest BCUT2D eigenvalue weighted by molar-refractivity contribution is 0.0851. The Morgan fingerprint density at radius 3 is 2.69 bits per heavy atom. The molecule has 0 bridgehead atoms. The molecule has 1 aliphatic rings. The van der Waals surface area contributed by atoms with Gasteiger partial charge < -0.3 is 5.32 Å². The fraction of sp³-hybridized carbons (Fsp3) is 0.455. The molecule has 0 saturated heterocycles. The standard InChI is InChI=1S/C11H12Br2N2O/c12-7-11(4-1-5-11)15-10(16)9-3-2-8(13)6-14-9/h2-3,6H,1,4-5,7H2,(H,15,16). The van der Waals surface area contributed by atoms with Gasteiger partial charge in [0.2, 0.25) is 0 Å². The molecular weight excluding hydrogens is 336 g/mol. The molecule has 0 radical (unpaired) electrons. The molecule has 5 heteroatoms. The van der Waals surface area contributed by atoms with Gasteiger partial charge in [-0.3, -0.25) is 4.79 Å². The Labute approximate surface area is 111 Å². The second kappa shape index (κ2) is 4.84. The fourth-order valence-corrected chi connectivity index (χ4v) is 2.65. The van der Waals surface area contributed by atoms with E-state index in [-0.39, 0.29) is 11.4 Å². The molecule has 0 aromatic carbocycles. The van der Waals surface area contributed by atoms with E-state index in [9.17, 15) is 4.79 Å². The number of hydrogen-bond donors (Lipinski definition) is 1. The third-order valence-corrected chi connectivity index (χ3v) is 4.45. The molecule has 1 aromatic heterocycles. The first-order chi connectivity index (χ1) is 7.65. The van der Waals surface area contributed by atoms with E-state index >= 15 is 0 Å². The van der Waals surface area contributed by atoms with Crippen molar-refractivity contribution in [3.05, 3.63) is 28.5 Å². The lowest BCUT2D eigenvalue weighted by atomic mass is 9.78. The molecule has 0 unspecified atom stereocenters. The molecule has 1 N–H and O–H groups in total. The van der Waals surface area contributed by atoms with Gasteiger partial charge in [0, 0.05) is 16.0 Å². The molecule has 0 aliphatic heterocycles. The van der Waals surface area contributed by atoms with Gasteiger partial charge in [-0.25, -0.2) is 4.98 Å². The first-order valence-corrected chi connectivity index (χ1v) is 7.07. The highest BCUT2D eigenvalue weighted by molar-refractivity contribution is 9.10. The van der Waals surface area contributed by atoms with E-state index in [0.717, 1.165) is 22.6 Å². The number of nitrogens with zero attached hydrogens (tertiary/aromatic N) is 1. The maximum Gasteiger partial charge on any atom is 0.270 e. The van der Waals surface area contributed by atoms with Crippen molar-refractivity contribution < 1.29 is 4.79 Å². The Morgan fingerprint density at radius 2 is 2.25 bits per heavy atom. The molecule has 1 fully saturated rings. The topological polar surface area (TPSA) is 42.0 Å². The minimum atomic E-state index is -0.0911. The highest BCUT2D eigenvalue weighted by Gasteiger charge is 2.37. The van der Waals surface area contributed by atoms with Gasteiger partial charge in [-0.15, -0.1) is 0 Å². The van der Waals surface area contributed by atoms with Gasteiger partial charge in [0.15, 0.2) is 0 Å². The van der Waals surface area contributed by atoms with Crippen molar-refractivity contribution in [1.82, 2.24) is 10.3 Å². The number of hydrogen-bond acceptors (Lipinski definition) is 2. The van der Waals surface area contributed by atoms with E-state index in [4.69, 9.17) is 0 Å². The molecule has 16 heavy (non-hydrogen) atoms. The SMILES string of the molecule is O=C(NC1(CBr)CCC1)c1ccc(Br)cn1. The first kappa shape index (κ1) is 12.0. The zero-order valence-electron chi connectivity index (χ0n) is 8.67. The molecule has 86 valence electrons. The van der Waals surface area contributed by atoms with Crippen LogP contribution >= 0.6 is 31.9 Å². The summed E-state index contributed by atoms with van der Waals surface area (Å²) in [5.41, 5.74) is 0.418. The van der Waals surface area contributed by atoms with Crippen LogP contribution in [0.3, 0.4) is 0 Å². The molecule has 1 saturated carbocycles. The molecule has 0 atom stereocenters. The van der Waals surface area contributed by atoms with Crippen molar-refractivity contribution in [3.63, 3.8) is 0 Å². The fourth-order valence-electron chi connectivity index (χ4n) is 1.71. The zero-order valence-corrected chi connectivity index (χ0v) is 11.8. The van der Waals surface area contributed by atoms with E-state index in [0.29, 0.717) is 5.69 Å². The van der Waals surface area contributed by atoms with Crippen LogP contribution in [-0.4, -0.2) is 21.8 Å². The minimum Gasteiger partial charge on any atom is -0.344 e. The summed E-state index contributed by atoms with van der Waals surface area (Å²) in [6, 6.07) is 3.55. The smallest absolute Gasteiger partial charge is 0.270 e. The number of pyridine rings is 1. The van der Waals surface area contributed by atoms with E-state index in [1.807, 2.05) is 6.07 Å². The largest absolute Gasteiger partial charge is 0.344 e. The Kier molecular flexibility index (Phi) is 3.64. The molecule has 0 spiro atoms. The van der Waals surface area contributed by atoms with Crippen LogP contribution in [-0.2, 0) is 0 Å². The maximum absolute atomic E-state index is 11.9. The van der Waals surface area contributed by atoms with Crippen LogP contribution in [0.1, 0.15) is 29.8 Å². The Hall–Kier alpha value is -0.420. The van der Waals surface area contributed by atoms with Gasteiger partial charge in [0.1, 0.15) is 5.69 Å². The third-order valence-electron chi connectivity index (χ3n) is 2.91. The Morgan fingerprint density at radius 1 is 1.50 bits per heavy atom. The molecule has 1 amide bonds. The molecule has 3 nitrogen and oxygen atoms in total. The number of nitrogens with one attached hydrogen (secondary N) is 1. The quantitative estimate of drug-likeness (QED) is 0.854. The van der Waals surface area contributed by atoms with Gasteiger partial charge in [-0.05, 0) is 47.3 Å². The van der Waals surface area contributed by atoms with Crippen LogP contribution in [0, 0.1) is 0 Å². The summed E-state index contributed by atoms with van der Waals surface area (Å²) in [5, 5.41) is 3.86. The highest BCUT2D eigenvalue weighted by Crippen LogP contribution is 2.33.